The number of hydrogen-bond acceptors (Lipinski definition) is 2. The highest BCUT2D eigenvalue weighted by atomic mass is 79.9. The van der Waals surface area contributed by atoms with Crippen molar-refractivity contribution in [1.29, 1.82) is 5.26 Å². The minimum absolute atomic E-state index is 0.173. The van der Waals surface area contributed by atoms with Gasteiger partial charge in [-0.15, -0.1) is 0 Å². The third kappa shape index (κ3) is 3.03. The summed E-state index contributed by atoms with van der Waals surface area (Å²) in [6, 6.07) is 5.94. The van der Waals surface area contributed by atoms with E-state index in [1.165, 1.54) is 12.1 Å². The van der Waals surface area contributed by atoms with Crippen LogP contribution in [0.5, 0.6) is 0 Å². The first-order valence-electron chi connectivity index (χ1n) is 4.16. The monoisotopic (exact) mass is 270 g/mol. The Morgan fingerprint density at radius 1 is 1.67 bits per heavy atom. The van der Waals surface area contributed by atoms with E-state index in [0.29, 0.717) is 5.56 Å². The Kier molecular flexibility index (Phi) is 3.81. The van der Waals surface area contributed by atoms with Gasteiger partial charge in [0.05, 0.1) is 16.5 Å². The average Bonchev–Trinajstić information content (AvgIpc) is 2.20. The molecule has 1 rings (SSSR count). The summed E-state index contributed by atoms with van der Waals surface area (Å²) in [5.74, 6) is -1.04. The van der Waals surface area contributed by atoms with Gasteiger partial charge in [0.25, 0.3) is 0 Å². The fourth-order valence-corrected chi connectivity index (χ4v) is 1.42. The predicted molar refractivity (Wildman–Crippen MR) is 56.7 cm³/mol. The standard InChI is InChI=1S/C10H8BrFN2O/c11-8(10(14)15)4-7-2-1-6(5-13)3-9(7)12/h1-3,8H,4H2,(H2,14,15). The van der Waals surface area contributed by atoms with E-state index in [1.54, 1.807) is 0 Å². The third-order valence-electron chi connectivity index (χ3n) is 1.89. The van der Waals surface area contributed by atoms with Crippen molar-refractivity contribution in [3.63, 3.8) is 0 Å². The van der Waals surface area contributed by atoms with Crippen molar-refractivity contribution < 1.29 is 9.18 Å². The quantitative estimate of drug-likeness (QED) is 0.846. The molecule has 0 aromatic heterocycles. The molecule has 0 aliphatic heterocycles. The molecule has 1 unspecified atom stereocenters. The van der Waals surface area contributed by atoms with Crippen LogP contribution in [0.15, 0.2) is 18.2 Å². The van der Waals surface area contributed by atoms with E-state index in [0.717, 1.165) is 6.07 Å². The summed E-state index contributed by atoms with van der Waals surface area (Å²) < 4.78 is 13.3. The van der Waals surface area contributed by atoms with Crippen LogP contribution in [0.4, 0.5) is 4.39 Å². The Bertz CT molecular complexity index is 428. The number of nitrogens with zero attached hydrogens (tertiary/aromatic N) is 1. The van der Waals surface area contributed by atoms with E-state index in [1.807, 2.05) is 6.07 Å². The average molecular weight is 271 g/mol. The SMILES string of the molecule is N#Cc1ccc(CC(Br)C(N)=O)c(F)c1. The van der Waals surface area contributed by atoms with E-state index >= 15 is 0 Å². The third-order valence-corrected chi connectivity index (χ3v) is 2.66. The maximum absolute atomic E-state index is 13.3. The molecule has 0 radical (unpaired) electrons. The van der Waals surface area contributed by atoms with Gasteiger partial charge >= 0.3 is 0 Å². The van der Waals surface area contributed by atoms with Crippen molar-refractivity contribution >= 4 is 21.8 Å². The molecular weight excluding hydrogens is 263 g/mol. The Hall–Kier alpha value is -1.41. The zero-order valence-corrected chi connectivity index (χ0v) is 9.29. The minimum atomic E-state index is -0.597. The molecule has 5 heteroatoms. The second kappa shape index (κ2) is 4.89. The van der Waals surface area contributed by atoms with Crippen LogP contribution in [0.2, 0.25) is 0 Å². The summed E-state index contributed by atoms with van der Waals surface area (Å²) in [6.45, 7) is 0. The van der Waals surface area contributed by atoms with Crippen LogP contribution in [0, 0.1) is 17.1 Å². The van der Waals surface area contributed by atoms with Crippen LogP contribution >= 0.6 is 15.9 Å². The van der Waals surface area contributed by atoms with Gasteiger partial charge in [-0.2, -0.15) is 5.26 Å². The Morgan fingerprint density at radius 3 is 2.80 bits per heavy atom. The van der Waals surface area contributed by atoms with E-state index < -0.39 is 16.6 Å². The molecule has 0 fully saturated rings. The second-order valence-electron chi connectivity index (χ2n) is 2.99. The van der Waals surface area contributed by atoms with E-state index in [9.17, 15) is 9.18 Å². The van der Waals surface area contributed by atoms with Gasteiger partial charge in [0, 0.05) is 0 Å². The van der Waals surface area contributed by atoms with E-state index in [4.69, 9.17) is 11.0 Å². The molecule has 0 saturated carbocycles. The molecule has 0 heterocycles. The summed E-state index contributed by atoms with van der Waals surface area (Å²) in [4.78, 5) is 10.1. The molecule has 1 atom stereocenters. The number of rotatable bonds is 3. The largest absolute Gasteiger partial charge is 0.369 e. The Balaban J connectivity index is 2.88. The van der Waals surface area contributed by atoms with Gasteiger partial charge < -0.3 is 5.73 Å². The first-order valence-corrected chi connectivity index (χ1v) is 5.08. The van der Waals surface area contributed by atoms with Crippen molar-refractivity contribution in [2.75, 3.05) is 0 Å². The topological polar surface area (TPSA) is 66.9 Å². The number of carbonyl (C=O) groups is 1. The van der Waals surface area contributed by atoms with Crippen molar-refractivity contribution in [3.05, 3.63) is 35.1 Å². The van der Waals surface area contributed by atoms with Gasteiger partial charge in [0.2, 0.25) is 5.91 Å². The van der Waals surface area contributed by atoms with Gasteiger partial charge in [-0.05, 0) is 24.1 Å². The number of hydrogen-bond donors (Lipinski definition) is 1. The minimum Gasteiger partial charge on any atom is -0.369 e. The Labute approximate surface area is 94.8 Å². The first-order chi connectivity index (χ1) is 7.04. The molecule has 2 N–H and O–H groups in total. The lowest BCUT2D eigenvalue weighted by molar-refractivity contribution is -0.117. The second-order valence-corrected chi connectivity index (χ2v) is 4.10. The zero-order valence-electron chi connectivity index (χ0n) is 7.71. The molecule has 0 spiro atoms. The van der Waals surface area contributed by atoms with Crippen LogP contribution in [0.1, 0.15) is 11.1 Å². The van der Waals surface area contributed by atoms with Crippen LogP contribution < -0.4 is 5.73 Å². The lowest BCUT2D eigenvalue weighted by atomic mass is 10.1. The molecule has 1 amide bonds. The summed E-state index contributed by atoms with van der Waals surface area (Å²) in [7, 11) is 0. The number of primary amides is 1. The molecule has 15 heavy (non-hydrogen) atoms. The number of nitrogens with two attached hydrogens (primary N) is 1. The molecule has 0 aliphatic carbocycles. The number of alkyl halides is 1. The zero-order chi connectivity index (χ0) is 11.4. The maximum Gasteiger partial charge on any atom is 0.231 e. The van der Waals surface area contributed by atoms with Crippen molar-refractivity contribution in [2.24, 2.45) is 5.73 Å². The molecular formula is C10H8BrFN2O. The summed E-state index contributed by atoms with van der Waals surface area (Å²) >= 11 is 3.04. The van der Waals surface area contributed by atoms with Crippen LogP contribution in [0.3, 0.4) is 0 Å². The highest BCUT2D eigenvalue weighted by molar-refractivity contribution is 9.10. The van der Waals surface area contributed by atoms with Crippen molar-refractivity contribution in [3.8, 4) is 6.07 Å². The molecule has 78 valence electrons. The predicted octanol–water partition coefficient (Wildman–Crippen LogP) is 1.49. The number of amides is 1. The lowest BCUT2D eigenvalue weighted by Gasteiger charge is -2.06. The number of nitriles is 1. The maximum atomic E-state index is 13.3. The molecule has 0 bridgehead atoms. The molecule has 0 aliphatic rings. The van der Waals surface area contributed by atoms with Crippen molar-refractivity contribution in [2.45, 2.75) is 11.2 Å². The molecule has 1 aromatic carbocycles. The van der Waals surface area contributed by atoms with Gasteiger partial charge in [0.1, 0.15) is 5.82 Å². The van der Waals surface area contributed by atoms with Gasteiger partial charge in [-0.3, -0.25) is 4.79 Å². The van der Waals surface area contributed by atoms with Gasteiger partial charge in [-0.25, -0.2) is 4.39 Å². The van der Waals surface area contributed by atoms with Gasteiger partial charge in [0.15, 0.2) is 0 Å². The summed E-state index contributed by atoms with van der Waals surface area (Å²) in [5.41, 5.74) is 5.64. The normalized spacial score (nSPS) is 11.8. The van der Waals surface area contributed by atoms with Gasteiger partial charge in [-0.1, -0.05) is 22.0 Å². The molecule has 0 saturated heterocycles. The fourth-order valence-electron chi connectivity index (χ4n) is 1.08. The molecule has 1 aromatic rings. The fraction of sp³-hybridized carbons (Fsp3) is 0.200. The van der Waals surface area contributed by atoms with Crippen LogP contribution in [0.25, 0.3) is 0 Å². The summed E-state index contributed by atoms with van der Waals surface area (Å²) in [6.07, 6.45) is 0.173. The van der Waals surface area contributed by atoms with E-state index in [-0.39, 0.29) is 12.0 Å². The van der Waals surface area contributed by atoms with E-state index in [2.05, 4.69) is 15.9 Å². The first kappa shape index (κ1) is 11.7. The lowest BCUT2D eigenvalue weighted by Crippen LogP contribution is -2.25. The van der Waals surface area contributed by atoms with Crippen LogP contribution in [-0.4, -0.2) is 10.7 Å². The highest BCUT2D eigenvalue weighted by Gasteiger charge is 2.14. The number of halogens is 2. The number of benzene rings is 1. The number of carbonyl (C=O) groups excluding carboxylic acids is 1. The Morgan fingerprint density at radius 2 is 2.33 bits per heavy atom. The smallest absolute Gasteiger partial charge is 0.231 e. The molecule has 3 nitrogen and oxygen atoms in total. The van der Waals surface area contributed by atoms with Crippen molar-refractivity contribution in [1.82, 2.24) is 0 Å². The van der Waals surface area contributed by atoms with Crippen LogP contribution in [-0.2, 0) is 11.2 Å². The highest BCUT2D eigenvalue weighted by Crippen LogP contribution is 2.15. The summed E-state index contributed by atoms with van der Waals surface area (Å²) in [5, 5.41) is 8.52.